The summed E-state index contributed by atoms with van der Waals surface area (Å²) >= 11 is 2.32. The van der Waals surface area contributed by atoms with Gasteiger partial charge < -0.3 is 10.6 Å². The summed E-state index contributed by atoms with van der Waals surface area (Å²) in [6, 6.07) is 8.17. The first-order valence-electron chi connectivity index (χ1n) is 6.72. The van der Waals surface area contributed by atoms with Gasteiger partial charge in [-0.3, -0.25) is 0 Å². The molecule has 1 aromatic heterocycles. The van der Waals surface area contributed by atoms with Crippen LogP contribution < -0.4 is 10.6 Å². The number of aryl methyl sites for hydroxylation is 1. The molecule has 1 aromatic carbocycles. The maximum Gasteiger partial charge on any atom is 0.139 e. The van der Waals surface area contributed by atoms with Crippen LogP contribution in [0, 0.1) is 17.4 Å². The number of nitrogens with zero attached hydrogens (tertiary/aromatic N) is 2. The van der Waals surface area contributed by atoms with Crippen LogP contribution in [0.15, 0.2) is 24.3 Å². The molecule has 2 N–H and O–H groups in total. The number of benzene rings is 1. The molecule has 5 heteroatoms. The summed E-state index contributed by atoms with van der Waals surface area (Å²) in [4.78, 5) is 8.98. The molecule has 1 heterocycles. The molecule has 0 unspecified atom stereocenters. The molecule has 0 spiro atoms. The monoisotopic (exact) mass is 382 g/mol. The second kappa shape index (κ2) is 6.88. The van der Waals surface area contributed by atoms with Gasteiger partial charge in [-0.15, -0.1) is 0 Å². The lowest BCUT2D eigenvalue weighted by atomic mass is 10.2. The number of anilines is 3. The van der Waals surface area contributed by atoms with E-state index in [0.29, 0.717) is 0 Å². The Labute approximate surface area is 133 Å². The average Bonchev–Trinajstić information content (AvgIpc) is 2.43. The van der Waals surface area contributed by atoms with Gasteiger partial charge in [0.15, 0.2) is 0 Å². The normalized spacial score (nSPS) is 10.4. The van der Waals surface area contributed by atoms with Gasteiger partial charge in [0.2, 0.25) is 0 Å². The fourth-order valence-corrected chi connectivity index (χ4v) is 2.38. The van der Waals surface area contributed by atoms with Gasteiger partial charge in [0, 0.05) is 15.7 Å². The SMILES string of the molecule is CCCNc1nc(C)nc(Nc2ccccc2I)c1C. The van der Waals surface area contributed by atoms with Gasteiger partial charge in [0.1, 0.15) is 17.5 Å². The zero-order valence-corrected chi connectivity index (χ0v) is 14.2. The molecular formula is C15H19IN4. The maximum absolute atomic E-state index is 4.51. The standard InChI is InChI=1S/C15H19IN4/c1-4-9-17-14-10(2)15(19-11(3)18-14)20-13-8-6-5-7-12(13)16/h5-8H,4,9H2,1-3H3,(H2,17,18,19,20). The van der Waals surface area contributed by atoms with Crippen LogP contribution in [0.2, 0.25) is 0 Å². The molecule has 2 rings (SSSR count). The molecule has 106 valence electrons. The van der Waals surface area contributed by atoms with Gasteiger partial charge in [-0.1, -0.05) is 19.1 Å². The van der Waals surface area contributed by atoms with Crippen molar-refractivity contribution in [3.8, 4) is 0 Å². The lowest BCUT2D eigenvalue weighted by Gasteiger charge is -2.14. The molecule has 0 amide bonds. The Bertz CT molecular complexity index is 598. The second-order valence-corrected chi connectivity index (χ2v) is 5.79. The minimum absolute atomic E-state index is 0.766. The Kier molecular flexibility index (Phi) is 5.17. The van der Waals surface area contributed by atoms with E-state index in [1.165, 1.54) is 3.57 Å². The first kappa shape index (κ1) is 15.0. The highest BCUT2D eigenvalue weighted by Crippen LogP contribution is 2.26. The predicted molar refractivity (Wildman–Crippen MR) is 92.7 cm³/mol. The fraction of sp³-hybridized carbons (Fsp3) is 0.333. The van der Waals surface area contributed by atoms with Crippen molar-refractivity contribution in [2.75, 3.05) is 17.2 Å². The third-order valence-corrected chi connectivity index (χ3v) is 3.87. The zero-order valence-electron chi connectivity index (χ0n) is 12.0. The van der Waals surface area contributed by atoms with Gasteiger partial charge in [-0.2, -0.15) is 0 Å². The Hall–Kier alpha value is -1.37. The summed E-state index contributed by atoms with van der Waals surface area (Å²) < 4.78 is 1.17. The van der Waals surface area contributed by atoms with Crippen molar-refractivity contribution >= 4 is 39.9 Å². The van der Waals surface area contributed by atoms with Gasteiger partial charge in [-0.25, -0.2) is 9.97 Å². The highest BCUT2D eigenvalue weighted by molar-refractivity contribution is 14.1. The number of rotatable bonds is 5. The van der Waals surface area contributed by atoms with Crippen LogP contribution in [0.4, 0.5) is 17.3 Å². The van der Waals surface area contributed by atoms with Gasteiger partial charge >= 0.3 is 0 Å². The number of para-hydroxylation sites is 1. The Morgan fingerprint density at radius 1 is 1.10 bits per heavy atom. The van der Waals surface area contributed by atoms with E-state index < -0.39 is 0 Å². The van der Waals surface area contributed by atoms with Crippen LogP contribution in [0.25, 0.3) is 0 Å². The molecule has 0 saturated heterocycles. The van der Waals surface area contributed by atoms with Gasteiger partial charge in [0.05, 0.1) is 5.69 Å². The third kappa shape index (κ3) is 3.59. The maximum atomic E-state index is 4.51. The Morgan fingerprint density at radius 2 is 1.80 bits per heavy atom. The summed E-state index contributed by atoms with van der Waals surface area (Å²) in [6.07, 6.45) is 1.07. The smallest absolute Gasteiger partial charge is 0.139 e. The minimum atomic E-state index is 0.766. The largest absolute Gasteiger partial charge is 0.370 e. The van der Waals surface area contributed by atoms with Crippen molar-refractivity contribution < 1.29 is 0 Å². The lowest BCUT2D eigenvalue weighted by Crippen LogP contribution is -2.09. The summed E-state index contributed by atoms with van der Waals surface area (Å²) in [5.74, 6) is 2.54. The minimum Gasteiger partial charge on any atom is -0.370 e. The van der Waals surface area contributed by atoms with Gasteiger partial charge in [-0.05, 0) is 55.0 Å². The number of hydrogen-bond acceptors (Lipinski definition) is 4. The van der Waals surface area contributed by atoms with Crippen molar-refractivity contribution in [2.45, 2.75) is 27.2 Å². The van der Waals surface area contributed by atoms with E-state index in [-0.39, 0.29) is 0 Å². The van der Waals surface area contributed by atoms with Crippen molar-refractivity contribution in [1.82, 2.24) is 9.97 Å². The van der Waals surface area contributed by atoms with Crippen molar-refractivity contribution in [1.29, 1.82) is 0 Å². The van der Waals surface area contributed by atoms with Gasteiger partial charge in [0.25, 0.3) is 0 Å². The first-order valence-corrected chi connectivity index (χ1v) is 7.80. The topological polar surface area (TPSA) is 49.8 Å². The van der Waals surface area contributed by atoms with Crippen LogP contribution in [0.5, 0.6) is 0 Å². The number of aromatic nitrogens is 2. The summed E-state index contributed by atoms with van der Waals surface area (Å²) in [5, 5.41) is 6.75. The van der Waals surface area contributed by atoms with Crippen LogP contribution in [0.1, 0.15) is 24.7 Å². The number of nitrogens with one attached hydrogen (secondary N) is 2. The Balaban J connectivity index is 2.32. The molecule has 0 aliphatic rings. The predicted octanol–water partition coefficient (Wildman–Crippen LogP) is 4.26. The van der Waals surface area contributed by atoms with Crippen LogP contribution >= 0.6 is 22.6 Å². The van der Waals surface area contributed by atoms with E-state index in [1.54, 1.807) is 0 Å². The molecule has 0 fully saturated rings. The molecule has 0 aliphatic carbocycles. The second-order valence-electron chi connectivity index (χ2n) is 4.62. The molecule has 2 aromatic rings. The molecule has 0 aliphatic heterocycles. The molecule has 0 radical (unpaired) electrons. The number of halogens is 1. The van der Waals surface area contributed by atoms with Crippen molar-refractivity contribution in [2.24, 2.45) is 0 Å². The van der Waals surface area contributed by atoms with E-state index in [2.05, 4.69) is 62.2 Å². The first-order chi connectivity index (χ1) is 9.61. The lowest BCUT2D eigenvalue weighted by molar-refractivity contribution is 0.948. The average molecular weight is 382 g/mol. The van der Waals surface area contributed by atoms with E-state index in [4.69, 9.17) is 0 Å². The Morgan fingerprint density at radius 3 is 2.50 bits per heavy atom. The summed E-state index contributed by atoms with van der Waals surface area (Å²) in [7, 11) is 0. The molecule has 0 saturated carbocycles. The third-order valence-electron chi connectivity index (χ3n) is 2.93. The molecule has 4 nitrogen and oxygen atoms in total. The van der Waals surface area contributed by atoms with Crippen LogP contribution in [0.3, 0.4) is 0 Å². The highest BCUT2D eigenvalue weighted by atomic mass is 127. The van der Waals surface area contributed by atoms with Crippen LogP contribution in [-0.2, 0) is 0 Å². The van der Waals surface area contributed by atoms with E-state index >= 15 is 0 Å². The number of hydrogen-bond donors (Lipinski definition) is 2. The van der Waals surface area contributed by atoms with E-state index in [9.17, 15) is 0 Å². The summed E-state index contributed by atoms with van der Waals surface area (Å²) in [6.45, 7) is 7.01. The molecule has 0 atom stereocenters. The van der Waals surface area contributed by atoms with E-state index in [0.717, 1.165) is 41.7 Å². The zero-order chi connectivity index (χ0) is 14.5. The molecule has 0 bridgehead atoms. The van der Waals surface area contributed by atoms with Crippen molar-refractivity contribution in [3.05, 3.63) is 39.2 Å². The quantitative estimate of drug-likeness (QED) is 0.759. The van der Waals surface area contributed by atoms with Crippen LogP contribution in [-0.4, -0.2) is 16.5 Å². The van der Waals surface area contributed by atoms with Crippen molar-refractivity contribution in [3.63, 3.8) is 0 Å². The summed E-state index contributed by atoms with van der Waals surface area (Å²) in [5.41, 5.74) is 2.11. The van der Waals surface area contributed by atoms with E-state index in [1.807, 2.05) is 26.0 Å². The molecular weight excluding hydrogens is 363 g/mol. The molecule has 20 heavy (non-hydrogen) atoms. The highest BCUT2D eigenvalue weighted by Gasteiger charge is 2.10. The fourth-order valence-electron chi connectivity index (χ4n) is 1.86.